The van der Waals surface area contributed by atoms with Crippen molar-refractivity contribution in [1.29, 1.82) is 5.26 Å². The van der Waals surface area contributed by atoms with Gasteiger partial charge in [0.2, 0.25) is 10.0 Å². The molecule has 1 aromatic carbocycles. The molecule has 0 atom stereocenters. The quantitative estimate of drug-likeness (QED) is 0.865. The number of benzene rings is 1. The Morgan fingerprint density at radius 2 is 1.88 bits per heavy atom. The van der Waals surface area contributed by atoms with Crippen molar-refractivity contribution in [3.63, 3.8) is 0 Å². The number of aromatic nitrogens is 1. The van der Waals surface area contributed by atoms with E-state index in [0.717, 1.165) is 0 Å². The molecule has 1 aliphatic rings. The van der Waals surface area contributed by atoms with Gasteiger partial charge in [0, 0.05) is 25.3 Å². The number of piperidine rings is 1. The van der Waals surface area contributed by atoms with Gasteiger partial charge in [0.25, 0.3) is 0 Å². The summed E-state index contributed by atoms with van der Waals surface area (Å²) in [6, 6.07) is 12.1. The molecule has 1 fully saturated rings. The molecule has 8 heteroatoms. The van der Waals surface area contributed by atoms with E-state index in [1.807, 2.05) is 6.07 Å². The van der Waals surface area contributed by atoms with E-state index in [9.17, 15) is 8.42 Å². The van der Waals surface area contributed by atoms with Crippen LogP contribution in [0.2, 0.25) is 0 Å². The molecule has 1 saturated heterocycles. The van der Waals surface area contributed by atoms with Crippen LogP contribution < -0.4 is 10.1 Å². The van der Waals surface area contributed by atoms with Crippen molar-refractivity contribution in [2.75, 3.05) is 25.5 Å². The molecule has 2 aromatic rings. The van der Waals surface area contributed by atoms with Crippen LogP contribution in [0.3, 0.4) is 0 Å². The van der Waals surface area contributed by atoms with Gasteiger partial charge in [0.1, 0.15) is 17.6 Å². The number of nitrogens with zero attached hydrogens (tertiary/aromatic N) is 3. The lowest BCUT2D eigenvalue weighted by molar-refractivity contribution is 0.329. The molecule has 1 N–H and O–H groups in total. The Morgan fingerprint density at radius 3 is 2.42 bits per heavy atom. The number of rotatable bonds is 5. The second kappa shape index (κ2) is 7.72. The fraction of sp³-hybridized carbons (Fsp3) is 0.333. The van der Waals surface area contributed by atoms with Crippen LogP contribution in [0.5, 0.6) is 5.75 Å². The van der Waals surface area contributed by atoms with Gasteiger partial charge in [-0.25, -0.2) is 13.4 Å². The van der Waals surface area contributed by atoms with E-state index in [1.165, 1.54) is 10.5 Å². The van der Waals surface area contributed by atoms with Gasteiger partial charge in [0.05, 0.1) is 17.6 Å². The minimum atomic E-state index is -3.49. The average molecular weight is 372 g/mol. The minimum absolute atomic E-state index is 0.151. The first-order chi connectivity index (χ1) is 12.5. The maximum absolute atomic E-state index is 12.7. The third-order valence-electron chi connectivity index (χ3n) is 4.40. The zero-order valence-electron chi connectivity index (χ0n) is 14.4. The van der Waals surface area contributed by atoms with Crippen molar-refractivity contribution >= 4 is 15.8 Å². The molecule has 0 bridgehead atoms. The predicted molar refractivity (Wildman–Crippen MR) is 97.3 cm³/mol. The zero-order valence-corrected chi connectivity index (χ0v) is 15.2. The van der Waals surface area contributed by atoms with Crippen molar-refractivity contribution in [2.45, 2.75) is 23.8 Å². The number of nitriles is 1. The molecule has 2 heterocycles. The predicted octanol–water partition coefficient (Wildman–Crippen LogP) is 2.23. The molecule has 1 aliphatic heterocycles. The Labute approximate surface area is 153 Å². The SMILES string of the molecule is COc1ccc(S(=O)(=O)N2CCC(Nc3ccc(C#N)cn3)CC2)cc1. The van der Waals surface area contributed by atoms with Crippen molar-refractivity contribution in [1.82, 2.24) is 9.29 Å². The lowest BCUT2D eigenvalue weighted by atomic mass is 10.1. The second-order valence-electron chi connectivity index (χ2n) is 6.04. The Morgan fingerprint density at radius 1 is 1.19 bits per heavy atom. The number of hydrogen-bond acceptors (Lipinski definition) is 6. The van der Waals surface area contributed by atoms with E-state index in [-0.39, 0.29) is 10.9 Å². The second-order valence-corrected chi connectivity index (χ2v) is 7.98. The van der Waals surface area contributed by atoms with Crippen LogP contribution in [0.1, 0.15) is 18.4 Å². The molecular formula is C18H20N4O3S. The lowest BCUT2D eigenvalue weighted by Crippen LogP contribution is -2.42. The average Bonchev–Trinajstić information content (AvgIpc) is 2.69. The van der Waals surface area contributed by atoms with E-state index in [2.05, 4.69) is 10.3 Å². The van der Waals surface area contributed by atoms with E-state index in [4.69, 9.17) is 10.00 Å². The van der Waals surface area contributed by atoms with Gasteiger partial charge >= 0.3 is 0 Å². The van der Waals surface area contributed by atoms with Crippen molar-refractivity contribution in [3.05, 3.63) is 48.2 Å². The summed E-state index contributed by atoms with van der Waals surface area (Å²) in [5.41, 5.74) is 0.510. The first-order valence-electron chi connectivity index (χ1n) is 8.30. The van der Waals surface area contributed by atoms with Crippen molar-refractivity contribution in [3.8, 4) is 11.8 Å². The molecule has 3 rings (SSSR count). The Balaban J connectivity index is 1.60. The number of anilines is 1. The number of pyridine rings is 1. The molecule has 0 radical (unpaired) electrons. The molecule has 1 aromatic heterocycles. The molecule has 0 amide bonds. The summed E-state index contributed by atoms with van der Waals surface area (Å²) in [7, 11) is -1.95. The third kappa shape index (κ3) is 3.95. The van der Waals surface area contributed by atoms with Crippen molar-refractivity contribution in [2.24, 2.45) is 0 Å². The first-order valence-corrected chi connectivity index (χ1v) is 9.74. The van der Waals surface area contributed by atoms with Crippen LogP contribution in [-0.2, 0) is 10.0 Å². The summed E-state index contributed by atoms with van der Waals surface area (Å²) in [4.78, 5) is 4.47. The zero-order chi connectivity index (χ0) is 18.6. The summed E-state index contributed by atoms with van der Waals surface area (Å²) >= 11 is 0. The van der Waals surface area contributed by atoms with Gasteiger partial charge in [0.15, 0.2) is 0 Å². The summed E-state index contributed by atoms with van der Waals surface area (Å²) in [6.07, 6.45) is 2.90. The number of hydrogen-bond donors (Lipinski definition) is 1. The number of sulfonamides is 1. The van der Waals surface area contributed by atoms with E-state index in [0.29, 0.717) is 43.1 Å². The monoisotopic (exact) mass is 372 g/mol. The molecule has 0 saturated carbocycles. The molecule has 0 spiro atoms. The smallest absolute Gasteiger partial charge is 0.243 e. The molecule has 7 nitrogen and oxygen atoms in total. The highest BCUT2D eigenvalue weighted by Gasteiger charge is 2.29. The summed E-state index contributed by atoms with van der Waals surface area (Å²) in [5.74, 6) is 1.32. The topological polar surface area (TPSA) is 95.3 Å². The van der Waals surface area contributed by atoms with Crippen LogP contribution in [0.4, 0.5) is 5.82 Å². The molecule has 0 unspecified atom stereocenters. The number of nitrogens with one attached hydrogen (secondary N) is 1. The summed E-state index contributed by atoms with van der Waals surface area (Å²) in [6.45, 7) is 0.893. The normalized spacial score (nSPS) is 16.0. The van der Waals surface area contributed by atoms with Gasteiger partial charge in [-0.05, 0) is 49.2 Å². The van der Waals surface area contributed by atoms with Gasteiger partial charge < -0.3 is 10.1 Å². The molecular weight excluding hydrogens is 352 g/mol. The fourth-order valence-corrected chi connectivity index (χ4v) is 4.36. The number of methoxy groups -OCH3 is 1. The van der Waals surface area contributed by atoms with E-state index in [1.54, 1.807) is 43.5 Å². The standard InChI is InChI=1S/C18H20N4O3S/c1-25-16-3-5-17(6-4-16)26(23,24)22-10-8-15(9-11-22)21-18-7-2-14(12-19)13-20-18/h2-7,13,15H,8-11H2,1H3,(H,20,21). The number of ether oxygens (including phenoxy) is 1. The van der Waals surface area contributed by atoms with E-state index >= 15 is 0 Å². The third-order valence-corrected chi connectivity index (χ3v) is 6.31. The van der Waals surface area contributed by atoms with Gasteiger partial charge in [-0.15, -0.1) is 0 Å². The maximum Gasteiger partial charge on any atom is 0.243 e. The molecule has 0 aliphatic carbocycles. The Kier molecular flexibility index (Phi) is 5.40. The Hall–Kier alpha value is -2.63. The Bertz CT molecular complexity index is 882. The molecule has 136 valence electrons. The maximum atomic E-state index is 12.7. The summed E-state index contributed by atoms with van der Waals surface area (Å²) in [5, 5.41) is 12.1. The highest BCUT2D eigenvalue weighted by molar-refractivity contribution is 7.89. The van der Waals surface area contributed by atoms with Crippen LogP contribution in [0.15, 0.2) is 47.5 Å². The van der Waals surface area contributed by atoms with Gasteiger partial charge in [-0.1, -0.05) is 0 Å². The van der Waals surface area contributed by atoms with Crippen LogP contribution in [0.25, 0.3) is 0 Å². The van der Waals surface area contributed by atoms with Crippen LogP contribution in [0, 0.1) is 11.3 Å². The van der Waals surface area contributed by atoms with Crippen LogP contribution in [-0.4, -0.2) is 43.9 Å². The van der Waals surface area contributed by atoms with Gasteiger partial charge in [-0.3, -0.25) is 0 Å². The van der Waals surface area contributed by atoms with Gasteiger partial charge in [-0.2, -0.15) is 9.57 Å². The van der Waals surface area contributed by atoms with E-state index < -0.39 is 10.0 Å². The minimum Gasteiger partial charge on any atom is -0.497 e. The summed E-state index contributed by atoms with van der Waals surface area (Å²) < 4.78 is 32.1. The largest absolute Gasteiger partial charge is 0.497 e. The highest BCUT2D eigenvalue weighted by Crippen LogP contribution is 2.24. The molecule has 26 heavy (non-hydrogen) atoms. The van der Waals surface area contributed by atoms with Crippen molar-refractivity contribution < 1.29 is 13.2 Å². The van der Waals surface area contributed by atoms with Crippen LogP contribution >= 0.6 is 0 Å². The fourth-order valence-electron chi connectivity index (χ4n) is 2.89. The first kappa shape index (κ1) is 18.2. The lowest BCUT2D eigenvalue weighted by Gasteiger charge is -2.31. The highest BCUT2D eigenvalue weighted by atomic mass is 32.2.